The fourth-order valence-corrected chi connectivity index (χ4v) is 4.53. The number of amides is 2. The number of benzene rings is 1. The Morgan fingerprint density at radius 2 is 1.89 bits per heavy atom. The van der Waals surface area contributed by atoms with Gasteiger partial charge in [-0.3, -0.25) is 23.9 Å². The molecular weight excluding hydrogens is 453 g/mol. The number of piperidine rings is 1. The molecule has 0 bridgehead atoms. The molecule has 0 atom stereocenters. The van der Waals surface area contributed by atoms with Crippen molar-refractivity contribution in [2.75, 3.05) is 13.1 Å². The third-order valence-electron chi connectivity index (χ3n) is 6.79. The number of nitrogens with one attached hydrogen (secondary N) is 2. The van der Waals surface area contributed by atoms with Gasteiger partial charge in [-0.05, 0) is 55.9 Å². The molecule has 1 aromatic carbocycles. The number of hydrogen-bond donors (Lipinski definition) is 2. The third-order valence-corrected chi connectivity index (χ3v) is 6.79. The van der Waals surface area contributed by atoms with Gasteiger partial charge in [-0.2, -0.15) is 0 Å². The summed E-state index contributed by atoms with van der Waals surface area (Å²) in [7, 11) is 0. The summed E-state index contributed by atoms with van der Waals surface area (Å²) < 4.78 is 15.2. The van der Waals surface area contributed by atoms with Gasteiger partial charge >= 0.3 is 5.69 Å². The number of hydrogen-bond acceptors (Lipinski definition) is 5. The number of halogens is 1. The van der Waals surface area contributed by atoms with Crippen LogP contribution in [-0.2, 0) is 11.3 Å². The molecule has 1 saturated carbocycles. The maximum Gasteiger partial charge on any atom is 0.330 e. The van der Waals surface area contributed by atoms with Crippen molar-refractivity contribution in [3.05, 3.63) is 73.8 Å². The van der Waals surface area contributed by atoms with E-state index >= 15 is 0 Å². The van der Waals surface area contributed by atoms with Crippen molar-refractivity contribution in [3.8, 4) is 0 Å². The van der Waals surface area contributed by atoms with Gasteiger partial charge in [0, 0.05) is 37.8 Å². The second-order valence-corrected chi connectivity index (χ2v) is 9.32. The van der Waals surface area contributed by atoms with E-state index in [1.165, 1.54) is 22.9 Å². The van der Waals surface area contributed by atoms with Gasteiger partial charge < -0.3 is 10.2 Å². The molecule has 35 heavy (non-hydrogen) atoms. The Labute approximate surface area is 200 Å². The summed E-state index contributed by atoms with van der Waals surface area (Å²) in [5.41, 5.74) is 0.771. The minimum atomic E-state index is -0.562. The molecule has 10 heteroatoms. The van der Waals surface area contributed by atoms with E-state index in [9.17, 15) is 23.6 Å². The zero-order valence-corrected chi connectivity index (χ0v) is 19.3. The highest BCUT2D eigenvalue weighted by molar-refractivity contribution is 5.97. The lowest BCUT2D eigenvalue weighted by molar-refractivity contribution is -0.126. The number of aryl methyl sites for hydroxylation is 1. The number of nitrogens with zero attached hydrogens (tertiary/aromatic N) is 3. The topological polar surface area (TPSA) is 117 Å². The fraction of sp³-hybridized carbons (Fsp3) is 0.400. The number of aromatic amines is 1. The molecule has 1 saturated heterocycles. The van der Waals surface area contributed by atoms with E-state index in [1.807, 2.05) is 0 Å². The summed E-state index contributed by atoms with van der Waals surface area (Å²) in [4.78, 5) is 58.5. The van der Waals surface area contributed by atoms with Crippen LogP contribution in [-0.4, -0.2) is 44.3 Å². The average Bonchev–Trinajstić information content (AvgIpc) is 3.69. The largest absolute Gasteiger partial charge is 0.352 e. The second kappa shape index (κ2) is 9.09. The van der Waals surface area contributed by atoms with Crippen LogP contribution in [0, 0.1) is 18.7 Å². The number of carbonyl (C=O) groups is 2. The van der Waals surface area contributed by atoms with Crippen LogP contribution in [0.3, 0.4) is 0 Å². The molecular formula is C25H26FN5O4. The number of H-pyrrole nitrogens is 1. The number of likely N-dealkylation sites (tertiary alicyclic amines) is 1. The minimum Gasteiger partial charge on any atom is -0.352 e. The molecule has 2 amide bonds. The maximum absolute atomic E-state index is 13.7. The molecule has 182 valence electrons. The summed E-state index contributed by atoms with van der Waals surface area (Å²) in [6.45, 7) is 2.72. The summed E-state index contributed by atoms with van der Waals surface area (Å²) in [6.07, 6.45) is 4.12. The third kappa shape index (κ3) is 4.60. The van der Waals surface area contributed by atoms with Crippen molar-refractivity contribution < 1.29 is 14.0 Å². The van der Waals surface area contributed by atoms with E-state index in [1.54, 1.807) is 24.0 Å². The molecule has 5 rings (SSSR count). The monoisotopic (exact) mass is 479 g/mol. The van der Waals surface area contributed by atoms with Crippen LogP contribution < -0.4 is 16.6 Å². The van der Waals surface area contributed by atoms with E-state index < -0.39 is 11.2 Å². The van der Waals surface area contributed by atoms with Gasteiger partial charge in [0.2, 0.25) is 5.91 Å². The van der Waals surface area contributed by atoms with Crippen molar-refractivity contribution >= 4 is 22.8 Å². The Balaban J connectivity index is 1.22. The van der Waals surface area contributed by atoms with Crippen LogP contribution >= 0.6 is 0 Å². The number of aromatic nitrogens is 3. The van der Waals surface area contributed by atoms with E-state index in [4.69, 9.17) is 0 Å². The van der Waals surface area contributed by atoms with Crippen LogP contribution in [0.15, 0.2) is 40.1 Å². The summed E-state index contributed by atoms with van der Waals surface area (Å²) in [5, 5.41) is 3.07. The predicted molar refractivity (Wildman–Crippen MR) is 127 cm³/mol. The van der Waals surface area contributed by atoms with Crippen LogP contribution in [0.4, 0.5) is 4.39 Å². The lowest BCUT2D eigenvalue weighted by Crippen LogP contribution is -2.43. The summed E-state index contributed by atoms with van der Waals surface area (Å²) in [6, 6.07) is 6.41. The van der Waals surface area contributed by atoms with E-state index in [0.29, 0.717) is 42.7 Å². The molecule has 0 radical (unpaired) electrons. The summed E-state index contributed by atoms with van der Waals surface area (Å²) in [5.74, 6) is -0.920. The minimum absolute atomic E-state index is 0.0334. The second-order valence-electron chi connectivity index (χ2n) is 9.32. The number of pyridine rings is 1. The van der Waals surface area contributed by atoms with E-state index in [-0.39, 0.29) is 47.1 Å². The lowest BCUT2D eigenvalue weighted by Gasteiger charge is -2.31. The Bertz CT molecular complexity index is 1430. The first kappa shape index (κ1) is 22.9. The van der Waals surface area contributed by atoms with Gasteiger partial charge in [-0.25, -0.2) is 14.2 Å². The number of rotatable bonds is 5. The SMILES string of the molecule is Cc1ccc(CNC(=O)C2CCN(C(=O)c3cnc4c(c3)c(=O)[nH]c(=O)n4C3CC3)CC2)cc1F. The first-order valence-electron chi connectivity index (χ1n) is 11.8. The molecule has 3 heterocycles. The maximum atomic E-state index is 13.7. The van der Waals surface area contributed by atoms with Gasteiger partial charge in [-0.15, -0.1) is 0 Å². The molecule has 0 spiro atoms. The van der Waals surface area contributed by atoms with Gasteiger partial charge in [0.05, 0.1) is 10.9 Å². The van der Waals surface area contributed by atoms with E-state index in [0.717, 1.165) is 12.8 Å². The Kier molecular flexibility index (Phi) is 5.96. The van der Waals surface area contributed by atoms with Crippen LogP contribution in [0.25, 0.3) is 11.0 Å². The van der Waals surface area contributed by atoms with Gasteiger partial charge in [0.15, 0.2) is 0 Å². The highest BCUT2D eigenvalue weighted by atomic mass is 19.1. The normalized spacial score (nSPS) is 16.5. The Hall–Kier alpha value is -3.82. The zero-order valence-electron chi connectivity index (χ0n) is 19.3. The van der Waals surface area contributed by atoms with Crippen molar-refractivity contribution in [2.24, 2.45) is 5.92 Å². The first-order chi connectivity index (χ1) is 16.8. The standard InChI is InChI=1S/C25H26FN5O4/c1-14-2-3-15(10-20(14)26)12-28-22(32)16-6-8-30(9-7-16)24(34)17-11-19-21(27-13-17)31(18-4-5-18)25(35)29-23(19)33/h2-3,10-11,13,16,18H,4-9,12H2,1H3,(H,28,32)(H,29,33,35). The fourth-order valence-electron chi connectivity index (χ4n) is 4.53. The molecule has 1 aliphatic heterocycles. The van der Waals surface area contributed by atoms with Crippen LogP contribution in [0.5, 0.6) is 0 Å². The van der Waals surface area contributed by atoms with Crippen molar-refractivity contribution in [3.63, 3.8) is 0 Å². The summed E-state index contributed by atoms with van der Waals surface area (Å²) >= 11 is 0. The van der Waals surface area contributed by atoms with Crippen LogP contribution in [0.2, 0.25) is 0 Å². The van der Waals surface area contributed by atoms with Crippen LogP contribution in [0.1, 0.15) is 53.2 Å². The lowest BCUT2D eigenvalue weighted by atomic mass is 9.95. The number of fused-ring (bicyclic) bond motifs is 1. The number of carbonyl (C=O) groups excluding carboxylic acids is 2. The van der Waals surface area contributed by atoms with Gasteiger partial charge in [-0.1, -0.05) is 12.1 Å². The van der Waals surface area contributed by atoms with Crippen molar-refractivity contribution in [2.45, 2.75) is 45.2 Å². The molecule has 9 nitrogen and oxygen atoms in total. The Morgan fingerprint density at radius 3 is 2.57 bits per heavy atom. The smallest absolute Gasteiger partial charge is 0.330 e. The first-order valence-corrected chi connectivity index (χ1v) is 11.8. The molecule has 2 aromatic heterocycles. The van der Waals surface area contributed by atoms with Crippen molar-refractivity contribution in [1.82, 2.24) is 24.8 Å². The average molecular weight is 480 g/mol. The molecule has 2 N–H and O–H groups in total. The van der Waals surface area contributed by atoms with Crippen molar-refractivity contribution in [1.29, 1.82) is 0 Å². The highest BCUT2D eigenvalue weighted by Crippen LogP contribution is 2.34. The van der Waals surface area contributed by atoms with Gasteiger partial charge in [0.1, 0.15) is 11.5 Å². The quantitative estimate of drug-likeness (QED) is 0.581. The Morgan fingerprint density at radius 1 is 1.14 bits per heavy atom. The molecule has 0 unspecified atom stereocenters. The molecule has 1 aliphatic carbocycles. The zero-order chi connectivity index (χ0) is 24.7. The van der Waals surface area contributed by atoms with E-state index in [2.05, 4.69) is 15.3 Å². The van der Waals surface area contributed by atoms with Gasteiger partial charge in [0.25, 0.3) is 11.5 Å². The molecule has 3 aromatic rings. The predicted octanol–water partition coefficient (Wildman–Crippen LogP) is 2.04. The highest BCUT2D eigenvalue weighted by Gasteiger charge is 2.30. The molecule has 2 aliphatic rings. The molecule has 2 fully saturated rings.